The molecule has 0 fully saturated rings. The van der Waals surface area contributed by atoms with Crippen LogP contribution in [0.4, 0.5) is 0 Å². The van der Waals surface area contributed by atoms with E-state index in [1.807, 2.05) is 18.2 Å². The van der Waals surface area contributed by atoms with Crippen LogP contribution in [0.15, 0.2) is 22.7 Å². The van der Waals surface area contributed by atoms with Crippen molar-refractivity contribution in [1.29, 1.82) is 0 Å². The molecule has 0 atom stereocenters. The van der Waals surface area contributed by atoms with Crippen LogP contribution in [0.2, 0.25) is 0 Å². The molecule has 0 aliphatic heterocycles. The molecule has 0 saturated heterocycles. The van der Waals surface area contributed by atoms with Crippen LogP contribution in [-0.2, 0) is 0 Å². The minimum absolute atomic E-state index is 0.481. The lowest BCUT2D eigenvalue weighted by Crippen LogP contribution is -2.21. The summed E-state index contributed by atoms with van der Waals surface area (Å²) in [6.07, 6.45) is 2.75. The van der Waals surface area contributed by atoms with Crippen LogP contribution < -0.4 is 9.47 Å². The first-order chi connectivity index (χ1) is 8.90. The van der Waals surface area contributed by atoms with Crippen LogP contribution in [0, 0.1) is 0 Å². The Labute approximate surface area is 124 Å². The molecule has 1 aromatic carbocycles. The zero-order chi connectivity index (χ0) is 14.3. The second-order valence-electron chi connectivity index (χ2n) is 5.24. The molecule has 0 radical (unpaired) electrons. The average Bonchev–Trinajstić information content (AvgIpc) is 2.27. The van der Waals surface area contributed by atoms with Crippen LogP contribution >= 0.6 is 15.9 Å². The molecule has 4 heteroatoms. The summed E-state index contributed by atoms with van der Waals surface area (Å²) in [7, 11) is 0. The normalized spacial score (nSPS) is 11.4. The first kappa shape index (κ1) is 16.3. The van der Waals surface area contributed by atoms with Crippen LogP contribution in [0.3, 0.4) is 0 Å². The third kappa shape index (κ3) is 7.43. The predicted molar refractivity (Wildman–Crippen MR) is 81.0 cm³/mol. The van der Waals surface area contributed by atoms with Crippen molar-refractivity contribution >= 4 is 15.9 Å². The summed E-state index contributed by atoms with van der Waals surface area (Å²) in [6, 6.07) is 5.71. The summed E-state index contributed by atoms with van der Waals surface area (Å²) < 4.78 is 12.2. The molecule has 3 nitrogen and oxygen atoms in total. The Bertz CT molecular complexity index is 385. The van der Waals surface area contributed by atoms with Gasteiger partial charge in [0.2, 0.25) is 0 Å². The highest BCUT2D eigenvalue weighted by Crippen LogP contribution is 2.27. The van der Waals surface area contributed by atoms with Gasteiger partial charge in [-0.25, -0.2) is 0 Å². The molecular weight excluding hydrogens is 308 g/mol. The van der Waals surface area contributed by atoms with Crippen molar-refractivity contribution in [3.63, 3.8) is 0 Å². The average molecular weight is 331 g/mol. The standard InChI is InChI=1S/C15H23BrO3/c1-4-5-7-18-13-9-12(16)10-14(11-13)19-8-6-15(2,3)17/h9-11,17H,4-8H2,1-3H3. The Balaban J connectivity index is 2.53. The van der Waals surface area contributed by atoms with E-state index in [1.54, 1.807) is 13.8 Å². The smallest absolute Gasteiger partial charge is 0.124 e. The van der Waals surface area contributed by atoms with Crippen molar-refractivity contribution in [1.82, 2.24) is 0 Å². The van der Waals surface area contributed by atoms with E-state index in [0.29, 0.717) is 13.0 Å². The van der Waals surface area contributed by atoms with E-state index in [-0.39, 0.29) is 0 Å². The topological polar surface area (TPSA) is 38.7 Å². The van der Waals surface area contributed by atoms with Gasteiger partial charge >= 0.3 is 0 Å². The zero-order valence-electron chi connectivity index (χ0n) is 11.9. The highest BCUT2D eigenvalue weighted by atomic mass is 79.9. The molecule has 1 aromatic rings. The van der Waals surface area contributed by atoms with Gasteiger partial charge in [0.25, 0.3) is 0 Å². The largest absolute Gasteiger partial charge is 0.493 e. The summed E-state index contributed by atoms with van der Waals surface area (Å²) in [6.45, 7) is 6.88. The van der Waals surface area contributed by atoms with Crippen molar-refractivity contribution < 1.29 is 14.6 Å². The number of hydrogen-bond acceptors (Lipinski definition) is 3. The molecule has 0 unspecified atom stereocenters. The summed E-state index contributed by atoms with van der Waals surface area (Å²) in [5.41, 5.74) is -0.702. The van der Waals surface area contributed by atoms with Gasteiger partial charge in [-0.05, 0) is 32.4 Å². The summed E-state index contributed by atoms with van der Waals surface area (Å²) in [5.74, 6) is 1.56. The third-order valence-corrected chi connectivity index (χ3v) is 3.05. The molecule has 1 rings (SSSR count). The fraction of sp³-hybridized carbons (Fsp3) is 0.600. The van der Waals surface area contributed by atoms with Crippen molar-refractivity contribution in [3.05, 3.63) is 22.7 Å². The van der Waals surface area contributed by atoms with E-state index in [0.717, 1.165) is 35.4 Å². The molecule has 0 saturated carbocycles. The van der Waals surface area contributed by atoms with E-state index < -0.39 is 5.60 Å². The van der Waals surface area contributed by atoms with Crippen molar-refractivity contribution in [2.45, 2.75) is 45.6 Å². The molecule has 19 heavy (non-hydrogen) atoms. The van der Waals surface area contributed by atoms with Crippen molar-refractivity contribution in [3.8, 4) is 11.5 Å². The molecule has 0 bridgehead atoms. The summed E-state index contributed by atoms with van der Waals surface area (Å²) in [4.78, 5) is 0. The fourth-order valence-electron chi connectivity index (χ4n) is 1.46. The van der Waals surface area contributed by atoms with E-state index in [1.165, 1.54) is 0 Å². The van der Waals surface area contributed by atoms with Gasteiger partial charge in [-0.1, -0.05) is 29.3 Å². The second kappa shape index (κ2) is 7.75. The third-order valence-electron chi connectivity index (χ3n) is 2.59. The van der Waals surface area contributed by atoms with Crippen LogP contribution in [0.25, 0.3) is 0 Å². The zero-order valence-corrected chi connectivity index (χ0v) is 13.5. The van der Waals surface area contributed by atoms with Crippen LogP contribution in [0.1, 0.15) is 40.0 Å². The number of hydrogen-bond donors (Lipinski definition) is 1. The molecule has 0 aliphatic rings. The predicted octanol–water partition coefficient (Wildman–Crippen LogP) is 4.17. The van der Waals surface area contributed by atoms with E-state index in [4.69, 9.17) is 9.47 Å². The quantitative estimate of drug-likeness (QED) is 0.727. The van der Waals surface area contributed by atoms with Gasteiger partial charge in [-0.2, -0.15) is 0 Å². The van der Waals surface area contributed by atoms with Crippen LogP contribution in [0.5, 0.6) is 11.5 Å². The molecule has 0 aliphatic carbocycles. The van der Waals surface area contributed by atoms with E-state index >= 15 is 0 Å². The first-order valence-electron chi connectivity index (χ1n) is 6.69. The number of unbranched alkanes of at least 4 members (excludes halogenated alkanes) is 1. The molecule has 0 amide bonds. The SMILES string of the molecule is CCCCOc1cc(Br)cc(OCCC(C)(C)O)c1. The Morgan fingerprint density at radius 2 is 1.68 bits per heavy atom. The highest BCUT2D eigenvalue weighted by molar-refractivity contribution is 9.10. The lowest BCUT2D eigenvalue weighted by atomic mass is 10.1. The van der Waals surface area contributed by atoms with Gasteiger partial charge in [-0.15, -0.1) is 0 Å². The maximum Gasteiger partial charge on any atom is 0.124 e. The van der Waals surface area contributed by atoms with Gasteiger partial charge in [0.05, 0.1) is 18.8 Å². The Hall–Kier alpha value is -0.740. The Morgan fingerprint density at radius 3 is 2.21 bits per heavy atom. The van der Waals surface area contributed by atoms with Crippen molar-refractivity contribution in [2.24, 2.45) is 0 Å². The lowest BCUT2D eigenvalue weighted by Gasteiger charge is -2.17. The first-order valence-corrected chi connectivity index (χ1v) is 7.48. The molecule has 108 valence electrons. The number of halogens is 1. The minimum atomic E-state index is -0.702. The number of rotatable bonds is 8. The molecule has 1 N–H and O–H groups in total. The van der Waals surface area contributed by atoms with Gasteiger partial charge in [0.1, 0.15) is 11.5 Å². The second-order valence-corrected chi connectivity index (χ2v) is 6.15. The Morgan fingerprint density at radius 1 is 1.11 bits per heavy atom. The highest BCUT2D eigenvalue weighted by Gasteiger charge is 2.12. The summed E-state index contributed by atoms with van der Waals surface area (Å²) >= 11 is 3.44. The molecular formula is C15H23BrO3. The van der Waals surface area contributed by atoms with Crippen molar-refractivity contribution in [2.75, 3.05) is 13.2 Å². The monoisotopic (exact) mass is 330 g/mol. The maximum atomic E-state index is 9.63. The van der Waals surface area contributed by atoms with E-state index in [9.17, 15) is 5.11 Å². The number of ether oxygens (including phenoxy) is 2. The molecule has 0 aromatic heterocycles. The van der Waals surface area contributed by atoms with Gasteiger partial charge in [0, 0.05) is 17.0 Å². The molecule has 0 spiro atoms. The van der Waals surface area contributed by atoms with Crippen LogP contribution in [-0.4, -0.2) is 23.9 Å². The van der Waals surface area contributed by atoms with Gasteiger partial charge < -0.3 is 14.6 Å². The van der Waals surface area contributed by atoms with E-state index in [2.05, 4.69) is 22.9 Å². The van der Waals surface area contributed by atoms with Gasteiger partial charge in [-0.3, -0.25) is 0 Å². The molecule has 0 heterocycles. The Kier molecular flexibility index (Phi) is 6.66. The number of benzene rings is 1. The number of aliphatic hydroxyl groups is 1. The minimum Gasteiger partial charge on any atom is -0.493 e. The van der Waals surface area contributed by atoms with Gasteiger partial charge in [0.15, 0.2) is 0 Å². The maximum absolute atomic E-state index is 9.63. The summed E-state index contributed by atoms with van der Waals surface area (Å²) in [5, 5.41) is 9.63. The lowest BCUT2D eigenvalue weighted by molar-refractivity contribution is 0.0553. The fourth-order valence-corrected chi connectivity index (χ4v) is 1.91.